The first-order chi connectivity index (χ1) is 10.6. The number of hydrogen-bond acceptors (Lipinski definition) is 2. The predicted molar refractivity (Wildman–Crippen MR) is 93.2 cm³/mol. The van der Waals surface area contributed by atoms with E-state index in [9.17, 15) is 0 Å². The van der Waals surface area contributed by atoms with Crippen molar-refractivity contribution in [1.82, 2.24) is 15.1 Å². The summed E-state index contributed by atoms with van der Waals surface area (Å²) in [6.45, 7) is 14.7. The molecule has 3 aliphatic rings. The molecule has 2 saturated carbocycles. The highest BCUT2D eigenvalue weighted by atomic mass is 15.3. The highest BCUT2D eigenvalue weighted by Crippen LogP contribution is 2.61. The molecule has 0 spiro atoms. The molecule has 0 aromatic carbocycles. The first-order valence-corrected chi connectivity index (χ1v) is 9.38. The van der Waals surface area contributed by atoms with Gasteiger partial charge in [-0.15, -0.1) is 0 Å². The molecule has 126 valence electrons. The second kappa shape index (κ2) is 6.77. The normalized spacial score (nSPS) is 25.6. The van der Waals surface area contributed by atoms with Crippen LogP contribution in [0.5, 0.6) is 0 Å². The van der Waals surface area contributed by atoms with Crippen LogP contribution in [-0.2, 0) is 0 Å². The zero-order chi connectivity index (χ0) is 15.6. The molecule has 1 saturated heterocycles. The minimum Gasteiger partial charge on any atom is -0.357 e. The molecule has 0 amide bonds. The Morgan fingerprint density at radius 2 is 1.86 bits per heavy atom. The van der Waals surface area contributed by atoms with Gasteiger partial charge in [-0.2, -0.15) is 0 Å². The fourth-order valence-corrected chi connectivity index (χ4v) is 3.87. The van der Waals surface area contributed by atoms with Crippen LogP contribution >= 0.6 is 0 Å². The van der Waals surface area contributed by atoms with Crippen molar-refractivity contribution in [3.05, 3.63) is 0 Å². The van der Waals surface area contributed by atoms with E-state index in [0.29, 0.717) is 5.41 Å². The fraction of sp³-hybridized carbons (Fsp3) is 0.944. The van der Waals surface area contributed by atoms with Gasteiger partial charge in [-0.3, -0.25) is 9.89 Å². The molecule has 3 fully saturated rings. The molecule has 0 atom stereocenters. The van der Waals surface area contributed by atoms with Gasteiger partial charge in [-0.25, -0.2) is 0 Å². The third kappa shape index (κ3) is 3.95. The van der Waals surface area contributed by atoms with Gasteiger partial charge in [-0.05, 0) is 49.9 Å². The number of guanidine groups is 1. The quantitative estimate of drug-likeness (QED) is 0.604. The summed E-state index contributed by atoms with van der Waals surface area (Å²) < 4.78 is 0. The molecule has 3 rings (SSSR count). The third-order valence-corrected chi connectivity index (χ3v) is 5.51. The second-order valence-electron chi connectivity index (χ2n) is 7.99. The molecule has 0 aromatic rings. The first-order valence-electron chi connectivity index (χ1n) is 9.38. The Labute approximate surface area is 136 Å². The van der Waals surface area contributed by atoms with E-state index in [2.05, 4.69) is 35.9 Å². The van der Waals surface area contributed by atoms with E-state index >= 15 is 0 Å². The van der Waals surface area contributed by atoms with E-state index in [0.717, 1.165) is 38.0 Å². The smallest absolute Gasteiger partial charge is 0.194 e. The molecule has 0 radical (unpaired) electrons. The third-order valence-electron chi connectivity index (χ3n) is 5.51. The Bertz CT molecular complexity index is 388. The average Bonchev–Trinajstić information content (AvgIpc) is 3.37. The zero-order valence-corrected chi connectivity index (χ0v) is 14.8. The summed E-state index contributed by atoms with van der Waals surface area (Å²) in [6, 6.07) is 0. The van der Waals surface area contributed by atoms with Gasteiger partial charge in [0.1, 0.15) is 0 Å². The minimum atomic E-state index is 0.611. The maximum absolute atomic E-state index is 5.03. The molecule has 4 heteroatoms. The Balaban J connectivity index is 1.53. The fourth-order valence-electron chi connectivity index (χ4n) is 3.87. The van der Waals surface area contributed by atoms with Crippen molar-refractivity contribution >= 4 is 5.96 Å². The van der Waals surface area contributed by atoms with Crippen LogP contribution in [0.15, 0.2) is 4.99 Å². The SMILES string of the molecule is CCNC(=NCC1(C2CC2)CC1)N1CCN(CC(C)C)CC1. The van der Waals surface area contributed by atoms with Crippen molar-refractivity contribution in [2.24, 2.45) is 22.2 Å². The van der Waals surface area contributed by atoms with Crippen molar-refractivity contribution in [3.63, 3.8) is 0 Å². The molecular formula is C18H34N4. The van der Waals surface area contributed by atoms with Gasteiger partial charge in [0.2, 0.25) is 0 Å². The van der Waals surface area contributed by atoms with Crippen LogP contribution in [-0.4, -0.2) is 61.6 Å². The van der Waals surface area contributed by atoms with Gasteiger partial charge in [0.15, 0.2) is 5.96 Å². The number of rotatable bonds is 6. The highest BCUT2D eigenvalue weighted by molar-refractivity contribution is 5.80. The van der Waals surface area contributed by atoms with E-state index in [1.54, 1.807) is 0 Å². The summed E-state index contributed by atoms with van der Waals surface area (Å²) in [4.78, 5) is 10.1. The van der Waals surface area contributed by atoms with Gasteiger partial charge in [-0.1, -0.05) is 13.8 Å². The lowest BCUT2D eigenvalue weighted by Crippen LogP contribution is -2.53. The summed E-state index contributed by atoms with van der Waals surface area (Å²) >= 11 is 0. The van der Waals surface area contributed by atoms with Crippen LogP contribution < -0.4 is 5.32 Å². The van der Waals surface area contributed by atoms with Crippen molar-refractivity contribution < 1.29 is 0 Å². The number of hydrogen-bond donors (Lipinski definition) is 1. The lowest BCUT2D eigenvalue weighted by atomic mass is 10.0. The average molecular weight is 306 g/mol. The van der Waals surface area contributed by atoms with Crippen LogP contribution in [0.3, 0.4) is 0 Å². The summed E-state index contributed by atoms with van der Waals surface area (Å²) in [7, 11) is 0. The minimum absolute atomic E-state index is 0.611. The predicted octanol–water partition coefficient (Wildman–Crippen LogP) is 2.42. The number of aliphatic imine (C=N–C) groups is 1. The van der Waals surface area contributed by atoms with Crippen LogP contribution in [0.1, 0.15) is 46.5 Å². The maximum atomic E-state index is 5.03. The Morgan fingerprint density at radius 3 is 2.36 bits per heavy atom. The van der Waals surface area contributed by atoms with Gasteiger partial charge >= 0.3 is 0 Å². The number of nitrogens with zero attached hydrogens (tertiary/aromatic N) is 3. The Kier molecular flexibility index (Phi) is 4.96. The summed E-state index contributed by atoms with van der Waals surface area (Å²) in [5, 5.41) is 3.53. The lowest BCUT2D eigenvalue weighted by Gasteiger charge is -2.37. The highest BCUT2D eigenvalue weighted by Gasteiger charge is 2.53. The number of nitrogens with one attached hydrogen (secondary N) is 1. The summed E-state index contributed by atoms with van der Waals surface area (Å²) in [5.41, 5.74) is 0.611. The van der Waals surface area contributed by atoms with Crippen molar-refractivity contribution in [2.75, 3.05) is 45.8 Å². The maximum Gasteiger partial charge on any atom is 0.194 e. The van der Waals surface area contributed by atoms with Gasteiger partial charge in [0.05, 0.1) is 0 Å². The molecule has 22 heavy (non-hydrogen) atoms. The van der Waals surface area contributed by atoms with Crippen LogP contribution in [0, 0.1) is 17.3 Å². The van der Waals surface area contributed by atoms with Crippen LogP contribution in [0.25, 0.3) is 0 Å². The van der Waals surface area contributed by atoms with Gasteiger partial charge in [0, 0.05) is 45.8 Å². The summed E-state index contributed by atoms with van der Waals surface area (Å²) in [6.07, 6.45) is 5.76. The summed E-state index contributed by atoms with van der Waals surface area (Å²) in [5.74, 6) is 2.93. The zero-order valence-electron chi connectivity index (χ0n) is 14.8. The molecule has 0 unspecified atom stereocenters. The molecule has 1 heterocycles. The first kappa shape index (κ1) is 16.1. The lowest BCUT2D eigenvalue weighted by molar-refractivity contribution is 0.163. The number of piperazine rings is 1. The van der Waals surface area contributed by atoms with Gasteiger partial charge in [0.25, 0.3) is 0 Å². The molecule has 4 nitrogen and oxygen atoms in total. The van der Waals surface area contributed by atoms with E-state index in [1.807, 2.05) is 0 Å². The Hall–Kier alpha value is -0.770. The van der Waals surface area contributed by atoms with Crippen molar-refractivity contribution in [1.29, 1.82) is 0 Å². The largest absolute Gasteiger partial charge is 0.357 e. The second-order valence-corrected chi connectivity index (χ2v) is 7.99. The molecule has 2 aliphatic carbocycles. The molecule has 0 aromatic heterocycles. The molecule has 1 N–H and O–H groups in total. The van der Waals surface area contributed by atoms with Crippen LogP contribution in [0.2, 0.25) is 0 Å². The van der Waals surface area contributed by atoms with E-state index in [-0.39, 0.29) is 0 Å². The van der Waals surface area contributed by atoms with Crippen molar-refractivity contribution in [3.8, 4) is 0 Å². The standard InChI is InChI=1S/C18H34N4/c1-4-19-17(20-14-18(7-8-18)16-5-6-16)22-11-9-21(10-12-22)13-15(2)3/h15-16H,4-14H2,1-3H3,(H,19,20). The monoisotopic (exact) mass is 306 g/mol. The van der Waals surface area contributed by atoms with E-state index in [4.69, 9.17) is 4.99 Å². The Morgan fingerprint density at radius 1 is 1.18 bits per heavy atom. The van der Waals surface area contributed by atoms with E-state index in [1.165, 1.54) is 51.3 Å². The molecule has 1 aliphatic heterocycles. The van der Waals surface area contributed by atoms with Crippen molar-refractivity contribution in [2.45, 2.75) is 46.5 Å². The van der Waals surface area contributed by atoms with Gasteiger partial charge < -0.3 is 10.2 Å². The molecular weight excluding hydrogens is 272 g/mol. The van der Waals surface area contributed by atoms with E-state index < -0.39 is 0 Å². The molecule has 0 bridgehead atoms. The van der Waals surface area contributed by atoms with Crippen LogP contribution in [0.4, 0.5) is 0 Å². The topological polar surface area (TPSA) is 30.9 Å².